The lowest BCUT2D eigenvalue weighted by molar-refractivity contribution is 0.0855. The highest BCUT2D eigenvalue weighted by Crippen LogP contribution is 2.35. The molecule has 4 rings (SSSR count). The highest BCUT2D eigenvalue weighted by atomic mass is 32.1. The first-order valence-corrected chi connectivity index (χ1v) is 8.35. The largest absolute Gasteiger partial charge is 0.461 e. The third kappa shape index (κ3) is 2.71. The van der Waals surface area contributed by atoms with Crippen molar-refractivity contribution in [2.45, 2.75) is 12.6 Å². The van der Waals surface area contributed by atoms with E-state index < -0.39 is 0 Å². The Hall–Kier alpha value is -1.96. The number of anilines is 1. The number of morpholine rings is 1. The van der Waals surface area contributed by atoms with Crippen LogP contribution in [0.1, 0.15) is 17.6 Å². The number of hydrogen-bond acceptors (Lipinski definition) is 7. The number of nitrogens with zero attached hydrogens (tertiary/aromatic N) is 3. The lowest BCUT2D eigenvalue weighted by atomic mass is 10.1. The summed E-state index contributed by atoms with van der Waals surface area (Å²) in [6.45, 7) is 2.50. The first kappa shape index (κ1) is 14.6. The SMILES string of the molecule is COCc1ccc(C2COCCN2c2ncnc3ccsc23)o1. The summed E-state index contributed by atoms with van der Waals surface area (Å²) in [6, 6.07) is 5.97. The molecule has 23 heavy (non-hydrogen) atoms. The molecule has 0 bridgehead atoms. The molecule has 0 N–H and O–H groups in total. The van der Waals surface area contributed by atoms with Crippen molar-refractivity contribution in [2.24, 2.45) is 0 Å². The standard InChI is InChI=1S/C16H17N3O3S/c1-20-8-11-2-3-14(22-11)13-9-21-6-5-19(13)16-15-12(4-7-23-15)17-10-18-16/h2-4,7,10,13H,5-6,8-9H2,1H3. The fourth-order valence-electron chi connectivity index (χ4n) is 2.87. The summed E-state index contributed by atoms with van der Waals surface area (Å²) in [6.07, 6.45) is 1.62. The van der Waals surface area contributed by atoms with E-state index in [2.05, 4.69) is 14.9 Å². The molecule has 1 unspecified atom stereocenters. The van der Waals surface area contributed by atoms with Gasteiger partial charge in [0.15, 0.2) is 5.82 Å². The molecule has 1 aliphatic heterocycles. The molecule has 0 aliphatic carbocycles. The Kier molecular flexibility index (Phi) is 3.99. The van der Waals surface area contributed by atoms with Crippen molar-refractivity contribution < 1.29 is 13.9 Å². The van der Waals surface area contributed by atoms with Crippen LogP contribution >= 0.6 is 11.3 Å². The number of fused-ring (bicyclic) bond motifs is 1. The maximum Gasteiger partial charge on any atom is 0.150 e. The Morgan fingerprint density at radius 1 is 1.35 bits per heavy atom. The normalized spacial score (nSPS) is 18.7. The summed E-state index contributed by atoms with van der Waals surface area (Å²) < 4.78 is 17.8. The quantitative estimate of drug-likeness (QED) is 0.732. The topological polar surface area (TPSA) is 60.6 Å². The first-order chi connectivity index (χ1) is 11.4. The van der Waals surface area contributed by atoms with Crippen molar-refractivity contribution in [1.29, 1.82) is 0 Å². The van der Waals surface area contributed by atoms with Crippen LogP contribution in [0.3, 0.4) is 0 Å². The molecule has 0 saturated carbocycles. The summed E-state index contributed by atoms with van der Waals surface area (Å²) in [5.41, 5.74) is 0.977. The maximum atomic E-state index is 5.92. The zero-order chi connectivity index (χ0) is 15.6. The van der Waals surface area contributed by atoms with Crippen molar-refractivity contribution in [1.82, 2.24) is 9.97 Å². The van der Waals surface area contributed by atoms with Crippen LogP contribution in [-0.2, 0) is 16.1 Å². The lowest BCUT2D eigenvalue weighted by Gasteiger charge is -2.35. The Bertz CT molecular complexity index is 801. The molecule has 120 valence electrons. The van der Waals surface area contributed by atoms with Crippen molar-refractivity contribution >= 4 is 27.4 Å². The van der Waals surface area contributed by atoms with Crippen LogP contribution in [0.25, 0.3) is 10.2 Å². The van der Waals surface area contributed by atoms with E-state index in [1.54, 1.807) is 24.8 Å². The number of furan rings is 1. The minimum Gasteiger partial charge on any atom is -0.461 e. The summed E-state index contributed by atoms with van der Waals surface area (Å²) in [5.74, 6) is 2.64. The smallest absolute Gasteiger partial charge is 0.150 e. The Morgan fingerprint density at radius 3 is 3.22 bits per heavy atom. The zero-order valence-electron chi connectivity index (χ0n) is 12.8. The molecule has 1 aliphatic rings. The molecule has 3 aromatic rings. The predicted molar refractivity (Wildman–Crippen MR) is 87.7 cm³/mol. The van der Waals surface area contributed by atoms with Gasteiger partial charge in [0.2, 0.25) is 0 Å². The van der Waals surface area contributed by atoms with Gasteiger partial charge in [-0.3, -0.25) is 0 Å². The second-order valence-electron chi connectivity index (χ2n) is 5.35. The average Bonchev–Trinajstić information content (AvgIpc) is 3.24. The third-order valence-electron chi connectivity index (χ3n) is 3.92. The van der Waals surface area contributed by atoms with E-state index in [4.69, 9.17) is 13.9 Å². The summed E-state index contributed by atoms with van der Waals surface area (Å²) in [5, 5.41) is 2.04. The molecule has 1 atom stereocenters. The molecule has 0 radical (unpaired) electrons. The number of hydrogen-bond donors (Lipinski definition) is 0. The zero-order valence-corrected chi connectivity index (χ0v) is 13.6. The Balaban J connectivity index is 1.71. The molecule has 0 amide bonds. The molecule has 1 fully saturated rings. The summed E-state index contributed by atoms with van der Waals surface area (Å²) in [7, 11) is 1.66. The molecule has 7 heteroatoms. The highest BCUT2D eigenvalue weighted by Gasteiger charge is 2.29. The van der Waals surface area contributed by atoms with E-state index in [9.17, 15) is 0 Å². The number of methoxy groups -OCH3 is 1. The van der Waals surface area contributed by atoms with Crippen LogP contribution in [0.4, 0.5) is 5.82 Å². The molecule has 4 heterocycles. The number of rotatable bonds is 4. The summed E-state index contributed by atoms with van der Waals surface area (Å²) in [4.78, 5) is 11.1. The van der Waals surface area contributed by atoms with E-state index in [0.29, 0.717) is 19.8 Å². The highest BCUT2D eigenvalue weighted by molar-refractivity contribution is 7.17. The summed E-state index contributed by atoms with van der Waals surface area (Å²) >= 11 is 1.66. The van der Waals surface area contributed by atoms with E-state index >= 15 is 0 Å². The van der Waals surface area contributed by atoms with Gasteiger partial charge in [-0.25, -0.2) is 9.97 Å². The van der Waals surface area contributed by atoms with Gasteiger partial charge in [0, 0.05) is 13.7 Å². The molecule has 6 nitrogen and oxygen atoms in total. The fraction of sp³-hybridized carbons (Fsp3) is 0.375. The first-order valence-electron chi connectivity index (χ1n) is 7.47. The van der Waals surface area contributed by atoms with E-state index in [1.807, 2.05) is 23.6 Å². The number of aromatic nitrogens is 2. The van der Waals surface area contributed by atoms with E-state index in [1.165, 1.54) is 0 Å². The van der Waals surface area contributed by atoms with Gasteiger partial charge in [-0.15, -0.1) is 11.3 Å². The number of thiophene rings is 1. The van der Waals surface area contributed by atoms with Crippen LogP contribution in [0.2, 0.25) is 0 Å². The van der Waals surface area contributed by atoms with Crippen molar-refractivity contribution in [3.05, 3.63) is 41.4 Å². The Labute approximate surface area is 137 Å². The molecule has 3 aromatic heterocycles. The minimum absolute atomic E-state index is 0.00885. The molecule has 1 saturated heterocycles. The monoisotopic (exact) mass is 331 g/mol. The van der Waals surface area contributed by atoms with Gasteiger partial charge in [0.1, 0.15) is 30.5 Å². The van der Waals surface area contributed by atoms with E-state index in [0.717, 1.165) is 34.1 Å². The van der Waals surface area contributed by atoms with Crippen molar-refractivity contribution in [2.75, 3.05) is 31.8 Å². The second kappa shape index (κ2) is 6.27. The predicted octanol–water partition coefficient (Wildman–Crippen LogP) is 3.01. The van der Waals surface area contributed by atoms with Crippen molar-refractivity contribution in [3.63, 3.8) is 0 Å². The molecular formula is C16H17N3O3S. The van der Waals surface area contributed by atoms with Crippen LogP contribution in [0.15, 0.2) is 34.3 Å². The van der Waals surface area contributed by atoms with Crippen molar-refractivity contribution in [3.8, 4) is 0 Å². The molecule has 0 aromatic carbocycles. The van der Waals surface area contributed by atoms with Crippen LogP contribution in [0, 0.1) is 0 Å². The second-order valence-corrected chi connectivity index (χ2v) is 6.27. The molecule has 0 spiro atoms. The van der Waals surface area contributed by atoms with Gasteiger partial charge in [0.25, 0.3) is 0 Å². The molecular weight excluding hydrogens is 314 g/mol. The fourth-order valence-corrected chi connectivity index (χ4v) is 3.72. The number of ether oxygens (including phenoxy) is 2. The minimum atomic E-state index is 0.00885. The van der Waals surface area contributed by atoms with Gasteiger partial charge >= 0.3 is 0 Å². The van der Waals surface area contributed by atoms with Gasteiger partial charge in [0.05, 0.1) is 23.4 Å². The van der Waals surface area contributed by atoms with Gasteiger partial charge < -0.3 is 18.8 Å². The van der Waals surface area contributed by atoms with Crippen LogP contribution < -0.4 is 4.90 Å². The average molecular weight is 331 g/mol. The maximum absolute atomic E-state index is 5.92. The van der Waals surface area contributed by atoms with Crippen LogP contribution in [0.5, 0.6) is 0 Å². The van der Waals surface area contributed by atoms with Crippen LogP contribution in [-0.4, -0.2) is 36.8 Å². The van der Waals surface area contributed by atoms with Gasteiger partial charge in [-0.05, 0) is 23.6 Å². The lowest BCUT2D eigenvalue weighted by Crippen LogP contribution is -2.40. The van der Waals surface area contributed by atoms with E-state index in [-0.39, 0.29) is 6.04 Å². The third-order valence-corrected chi connectivity index (χ3v) is 4.82. The Morgan fingerprint density at radius 2 is 2.30 bits per heavy atom. The van der Waals surface area contributed by atoms with Gasteiger partial charge in [-0.2, -0.15) is 0 Å². The van der Waals surface area contributed by atoms with Gasteiger partial charge in [-0.1, -0.05) is 0 Å².